The molecule has 1 saturated carbocycles. The van der Waals surface area contributed by atoms with Crippen LogP contribution in [-0.2, 0) is 11.2 Å². The first-order valence-corrected chi connectivity index (χ1v) is 8.64. The Balaban J connectivity index is 2.07. The van der Waals surface area contributed by atoms with Crippen molar-refractivity contribution in [3.8, 4) is 0 Å². The van der Waals surface area contributed by atoms with Gasteiger partial charge in [-0.2, -0.15) is 0 Å². The van der Waals surface area contributed by atoms with Gasteiger partial charge in [0.05, 0.1) is 6.10 Å². The molecule has 0 spiro atoms. The highest BCUT2D eigenvalue weighted by Crippen LogP contribution is 2.37. The van der Waals surface area contributed by atoms with E-state index in [1.54, 1.807) is 0 Å². The second-order valence-corrected chi connectivity index (χ2v) is 6.47. The van der Waals surface area contributed by atoms with Gasteiger partial charge in [0.2, 0.25) is 0 Å². The van der Waals surface area contributed by atoms with Gasteiger partial charge in [-0.05, 0) is 56.7 Å². The monoisotopic (exact) mass is 339 g/mol. The molecule has 0 bridgehead atoms. The van der Waals surface area contributed by atoms with Crippen molar-refractivity contribution in [2.45, 2.75) is 51.7 Å². The zero-order valence-corrected chi connectivity index (χ0v) is 14.2. The van der Waals surface area contributed by atoms with Crippen LogP contribution in [0.1, 0.15) is 38.7 Å². The minimum Gasteiger partial charge on any atom is -0.377 e. The summed E-state index contributed by atoms with van der Waals surface area (Å²) in [6.45, 7) is 6.19. The highest BCUT2D eigenvalue weighted by molar-refractivity contribution is 9.10. The third-order valence-electron chi connectivity index (χ3n) is 3.90. The molecule has 0 amide bonds. The van der Waals surface area contributed by atoms with Gasteiger partial charge in [-0.15, -0.1) is 0 Å². The van der Waals surface area contributed by atoms with Gasteiger partial charge >= 0.3 is 0 Å². The van der Waals surface area contributed by atoms with Gasteiger partial charge in [0, 0.05) is 17.1 Å². The molecular weight excluding hydrogens is 314 g/mol. The average Bonchev–Trinajstić information content (AvgIpc) is 3.28. The molecule has 0 heterocycles. The van der Waals surface area contributed by atoms with Crippen molar-refractivity contribution in [1.82, 2.24) is 5.32 Å². The zero-order chi connectivity index (χ0) is 14.4. The van der Waals surface area contributed by atoms with Gasteiger partial charge in [-0.3, -0.25) is 0 Å². The van der Waals surface area contributed by atoms with Crippen LogP contribution in [0.4, 0.5) is 0 Å². The number of ether oxygens (including phenoxy) is 1. The van der Waals surface area contributed by atoms with Crippen LogP contribution in [0.5, 0.6) is 0 Å². The molecule has 3 heteroatoms. The standard InChI is InChI=1S/C17H26BrNO/c1-3-11-19-16(17(20-4-2)13-9-10-13)12-14-7-5-6-8-15(14)18/h5-8,13,16-17,19H,3-4,9-12H2,1-2H3. The molecule has 2 nitrogen and oxygen atoms in total. The molecule has 1 fully saturated rings. The van der Waals surface area contributed by atoms with Gasteiger partial charge in [-0.25, -0.2) is 0 Å². The predicted octanol–water partition coefficient (Wildman–Crippen LogP) is 4.17. The van der Waals surface area contributed by atoms with Crippen molar-refractivity contribution in [2.75, 3.05) is 13.2 Å². The Morgan fingerprint density at radius 3 is 2.65 bits per heavy atom. The quantitative estimate of drug-likeness (QED) is 0.728. The van der Waals surface area contributed by atoms with Gasteiger partial charge in [0.15, 0.2) is 0 Å². The van der Waals surface area contributed by atoms with E-state index in [0.717, 1.165) is 31.9 Å². The molecule has 1 aliphatic rings. The second-order valence-electron chi connectivity index (χ2n) is 5.61. The fraction of sp³-hybridized carbons (Fsp3) is 0.647. The lowest BCUT2D eigenvalue weighted by atomic mass is 9.98. The molecule has 2 atom stereocenters. The molecule has 0 aliphatic heterocycles. The van der Waals surface area contributed by atoms with Crippen molar-refractivity contribution in [2.24, 2.45) is 5.92 Å². The van der Waals surface area contributed by atoms with Crippen LogP contribution < -0.4 is 5.32 Å². The van der Waals surface area contributed by atoms with Crippen LogP contribution in [0.2, 0.25) is 0 Å². The molecule has 1 aromatic rings. The van der Waals surface area contributed by atoms with E-state index in [9.17, 15) is 0 Å². The average molecular weight is 340 g/mol. The van der Waals surface area contributed by atoms with Crippen molar-refractivity contribution < 1.29 is 4.74 Å². The lowest BCUT2D eigenvalue weighted by Crippen LogP contribution is -2.44. The Hall–Kier alpha value is -0.380. The normalized spacial score (nSPS) is 17.9. The van der Waals surface area contributed by atoms with E-state index in [1.165, 1.54) is 22.9 Å². The maximum atomic E-state index is 6.06. The van der Waals surface area contributed by atoms with E-state index in [2.05, 4.69) is 59.4 Å². The van der Waals surface area contributed by atoms with Crippen molar-refractivity contribution >= 4 is 15.9 Å². The predicted molar refractivity (Wildman–Crippen MR) is 88.1 cm³/mol. The molecule has 0 saturated heterocycles. The lowest BCUT2D eigenvalue weighted by Gasteiger charge is -2.28. The fourth-order valence-corrected chi connectivity index (χ4v) is 3.18. The lowest BCUT2D eigenvalue weighted by molar-refractivity contribution is 0.0192. The molecule has 2 unspecified atom stereocenters. The van der Waals surface area contributed by atoms with Crippen molar-refractivity contribution in [3.63, 3.8) is 0 Å². The SMILES string of the molecule is CCCNC(Cc1ccccc1Br)C(OCC)C1CC1. The Morgan fingerprint density at radius 2 is 2.05 bits per heavy atom. The summed E-state index contributed by atoms with van der Waals surface area (Å²) in [6, 6.07) is 8.94. The summed E-state index contributed by atoms with van der Waals surface area (Å²) in [6.07, 6.45) is 5.20. The Morgan fingerprint density at radius 1 is 1.30 bits per heavy atom. The van der Waals surface area contributed by atoms with Crippen molar-refractivity contribution in [3.05, 3.63) is 34.3 Å². The van der Waals surface area contributed by atoms with Crippen LogP contribution in [-0.4, -0.2) is 25.3 Å². The topological polar surface area (TPSA) is 21.3 Å². The molecule has 0 aromatic heterocycles. The van der Waals surface area contributed by atoms with E-state index >= 15 is 0 Å². The largest absolute Gasteiger partial charge is 0.377 e. The number of benzene rings is 1. The Bertz CT molecular complexity index is 406. The molecule has 2 rings (SSSR count). The van der Waals surface area contributed by atoms with Crippen LogP contribution in [0, 0.1) is 5.92 Å². The highest BCUT2D eigenvalue weighted by Gasteiger charge is 2.37. The summed E-state index contributed by atoms with van der Waals surface area (Å²) >= 11 is 3.67. The third kappa shape index (κ3) is 4.57. The molecule has 20 heavy (non-hydrogen) atoms. The first-order valence-electron chi connectivity index (χ1n) is 7.84. The summed E-state index contributed by atoms with van der Waals surface area (Å²) in [4.78, 5) is 0. The first kappa shape index (κ1) is 16.0. The van der Waals surface area contributed by atoms with Gasteiger partial charge in [0.1, 0.15) is 0 Å². The number of rotatable bonds is 9. The van der Waals surface area contributed by atoms with Crippen molar-refractivity contribution in [1.29, 1.82) is 0 Å². The zero-order valence-electron chi connectivity index (χ0n) is 12.6. The fourth-order valence-electron chi connectivity index (χ4n) is 2.73. The first-order chi connectivity index (χ1) is 9.76. The van der Waals surface area contributed by atoms with E-state index < -0.39 is 0 Å². The highest BCUT2D eigenvalue weighted by atomic mass is 79.9. The summed E-state index contributed by atoms with van der Waals surface area (Å²) in [5.74, 6) is 0.756. The van der Waals surface area contributed by atoms with Crippen LogP contribution in [0.25, 0.3) is 0 Å². The third-order valence-corrected chi connectivity index (χ3v) is 4.67. The number of halogens is 1. The molecule has 0 radical (unpaired) electrons. The van der Waals surface area contributed by atoms with E-state index in [0.29, 0.717) is 12.1 Å². The molecule has 112 valence electrons. The van der Waals surface area contributed by atoms with E-state index in [1.807, 2.05) is 0 Å². The number of hydrogen-bond donors (Lipinski definition) is 1. The minimum atomic E-state index is 0.360. The summed E-state index contributed by atoms with van der Waals surface area (Å²) in [5, 5.41) is 3.71. The molecule has 1 aromatic carbocycles. The molecule has 1 N–H and O–H groups in total. The summed E-state index contributed by atoms with van der Waals surface area (Å²) in [7, 11) is 0. The second kappa shape index (κ2) is 8.16. The number of hydrogen-bond acceptors (Lipinski definition) is 2. The number of nitrogens with one attached hydrogen (secondary N) is 1. The summed E-state index contributed by atoms with van der Waals surface area (Å²) < 4.78 is 7.26. The van der Waals surface area contributed by atoms with Gasteiger partial charge in [0.25, 0.3) is 0 Å². The van der Waals surface area contributed by atoms with E-state index in [-0.39, 0.29) is 0 Å². The smallest absolute Gasteiger partial charge is 0.0759 e. The maximum Gasteiger partial charge on any atom is 0.0759 e. The van der Waals surface area contributed by atoms with Crippen LogP contribution in [0.3, 0.4) is 0 Å². The van der Waals surface area contributed by atoms with E-state index in [4.69, 9.17) is 4.74 Å². The van der Waals surface area contributed by atoms with Gasteiger partial charge < -0.3 is 10.1 Å². The molecular formula is C17H26BrNO. The molecule has 1 aliphatic carbocycles. The van der Waals surface area contributed by atoms with Gasteiger partial charge in [-0.1, -0.05) is 41.1 Å². The van der Waals surface area contributed by atoms with Crippen LogP contribution in [0.15, 0.2) is 28.7 Å². The Kier molecular flexibility index (Phi) is 6.53. The minimum absolute atomic E-state index is 0.360. The van der Waals surface area contributed by atoms with Crippen LogP contribution >= 0.6 is 15.9 Å². The maximum absolute atomic E-state index is 6.06. The Labute approximate surface area is 131 Å². The summed E-state index contributed by atoms with van der Waals surface area (Å²) in [5.41, 5.74) is 1.37.